The van der Waals surface area contributed by atoms with Gasteiger partial charge in [0.1, 0.15) is 0 Å². The second-order valence-electron chi connectivity index (χ2n) is 12.7. The minimum atomic E-state index is 0.120. The van der Waals surface area contributed by atoms with Crippen LogP contribution in [0, 0.1) is 22.7 Å². The summed E-state index contributed by atoms with van der Waals surface area (Å²) in [6.45, 7) is 0. The number of allylic oxidation sites excluding steroid dienone is 4. The van der Waals surface area contributed by atoms with Crippen LogP contribution in [0.3, 0.4) is 0 Å². The second kappa shape index (κ2) is 11.2. The van der Waals surface area contributed by atoms with E-state index in [0.29, 0.717) is 5.56 Å². The van der Waals surface area contributed by atoms with E-state index in [2.05, 4.69) is 155 Å². The molecule has 5 aromatic carbocycles. The van der Waals surface area contributed by atoms with Gasteiger partial charge in [-0.25, -0.2) is 0 Å². The molecule has 6 aromatic rings. The summed E-state index contributed by atoms with van der Waals surface area (Å²) in [7, 11) is 0. The molecule has 226 valence electrons. The summed E-state index contributed by atoms with van der Waals surface area (Å²) in [6, 6.07) is 45.4. The zero-order valence-corrected chi connectivity index (χ0v) is 26.2. The highest BCUT2D eigenvalue weighted by Crippen LogP contribution is 2.47. The van der Waals surface area contributed by atoms with Crippen molar-refractivity contribution in [2.75, 3.05) is 4.90 Å². The third kappa shape index (κ3) is 4.35. The number of anilines is 1. The molecule has 0 bridgehead atoms. The molecule has 0 radical (unpaired) electrons. The summed E-state index contributed by atoms with van der Waals surface area (Å²) in [5.74, 6) is 0.247. The summed E-state index contributed by atoms with van der Waals surface area (Å²) in [5.41, 5.74) is 11.7. The van der Waals surface area contributed by atoms with Crippen molar-refractivity contribution in [1.29, 1.82) is 10.5 Å². The van der Waals surface area contributed by atoms with Crippen LogP contribution in [0.5, 0.6) is 0 Å². The number of hydrogen-bond acceptors (Lipinski definition) is 3. The lowest BCUT2D eigenvalue weighted by Gasteiger charge is -2.36. The van der Waals surface area contributed by atoms with Crippen molar-refractivity contribution >= 4 is 33.1 Å². The summed E-state index contributed by atoms with van der Waals surface area (Å²) in [6.07, 6.45) is 14.1. The molecule has 0 amide bonds. The number of aromatic nitrogens is 1. The van der Waals surface area contributed by atoms with Crippen LogP contribution < -0.4 is 4.90 Å². The van der Waals surface area contributed by atoms with Gasteiger partial charge in [0, 0.05) is 33.5 Å². The highest BCUT2D eigenvalue weighted by Gasteiger charge is 2.40. The number of para-hydroxylation sites is 3. The van der Waals surface area contributed by atoms with E-state index in [4.69, 9.17) is 0 Å². The Morgan fingerprint density at radius 3 is 2.10 bits per heavy atom. The first-order valence-electron chi connectivity index (χ1n) is 16.4. The van der Waals surface area contributed by atoms with Crippen molar-refractivity contribution in [2.24, 2.45) is 0 Å². The first-order valence-corrected chi connectivity index (χ1v) is 16.4. The number of rotatable bonds is 4. The third-order valence-corrected chi connectivity index (χ3v) is 10.1. The van der Waals surface area contributed by atoms with Gasteiger partial charge in [-0.05, 0) is 71.2 Å². The Kier molecular flexibility index (Phi) is 6.49. The molecular formula is C44H30N4. The summed E-state index contributed by atoms with van der Waals surface area (Å²) >= 11 is 0. The van der Waals surface area contributed by atoms with E-state index < -0.39 is 0 Å². The molecule has 9 rings (SSSR count). The van der Waals surface area contributed by atoms with Crippen molar-refractivity contribution in [3.63, 3.8) is 0 Å². The Balaban J connectivity index is 1.10. The molecule has 4 heteroatoms. The van der Waals surface area contributed by atoms with E-state index in [-0.39, 0.29) is 18.0 Å². The monoisotopic (exact) mass is 614 g/mol. The minimum absolute atomic E-state index is 0.120. The Labute approximate surface area is 279 Å². The van der Waals surface area contributed by atoms with Gasteiger partial charge in [0.15, 0.2) is 0 Å². The van der Waals surface area contributed by atoms with Gasteiger partial charge in [-0.15, -0.1) is 0 Å². The number of nitrogens with zero attached hydrogens (tertiary/aromatic N) is 4. The molecular weight excluding hydrogens is 585 g/mol. The Morgan fingerprint density at radius 1 is 0.646 bits per heavy atom. The van der Waals surface area contributed by atoms with E-state index in [9.17, 15) is 10.5 Å². The molecule has 0 N–H and O–H groups in total. The quantitative estimate of drug-likeness (QED) is 0.199. The number of benzene rings is 5. The lowest BCUT2D eigenvalue weighted by atomic mass is 9.88. The van der Waals surface area contributed by atoms with Gasteiger partial charge < -0.3 is 9.47 Å². The average molecular weight is 615 g/mol. The Morgan fingerprint density at radius 2 is 1.35 bits per heavy atom. The topological polar surface area (TPSA) is 55.8 Å². The minimum Gasteiger partial charge on any atom is -0.357 e. The Bertz CT molecular complexity index is 2420. The van der Waals surface area contributed by atoms with Gasteiger partial charge in [-0.3, -0.25) is 0 Å². The zero-order chi connectivity index (χ0) is 32.2. The van der Waals surface area contributed by atoms with E-state index in [1.165, 1.54) is 27.6 Å². The molecule has 3 unspecified atom stereocenters. The summed E-state index contributed by atoms with van der Waals surface area (Å²) < 4.78 is 2.29. The van der Waals surface area contributed by atoms with Crippen LogP contribution in [0.4, 0.5) is 5.69 Å². The summed E-state index contributed by atoms with van der Waals surface area (Å²) in [4.78, 5) is 2.51. The van der Waals surface area contributed by atoms with Crippen molar-refractivity contribution in [2.45, 2.75) is 24.4 Å². The maximum Gasteiger partial charge on any atom is 0.0992 e. The number of fused-ring (bicyclic) bond motifs is 6. The molecule has 0 spiro atoms. The van der Waals surface area contributed by atoms with Crippen LogP contribution in [-0.4, -0.2) is 16.7 Å². The van der Waals surface area contributed by atoms with Crippen LogP contribution in [0.25, 0.3) is 44.2 Å². The molecule has 3 atom stereocenters. The van der Waals surface area contributed by atoms with E-state index in [0.717, 1.165) is 45.4 Å². The first-order chi connectivity index (χ1) is 23.7. The first kappa shape index (κ1) is 27.9. The fourth-order valence-corrected chi connectivity index (χ4v) is 7.95. The highest BCUT2D eigenvalue weighted by atomic mass is 15.2. The lowest BCUT2D eigenvalue weighted by Crippen LogP contribution is -2.41. The molecule has 48 heavy (non-hydrogen) atoms. The van der Waals surface area contributed by atoms with E-state index in [1.54, 1.807) is 0 Å². The molecule has 4 nitrogen and oxygen atoms in total. The van der Waals surface area contributed by atoms with Crippen molar-refractivity contribution in [3.05, 3.63) is 174 Å². The van der Waals surface area contributed by atoms with Crippen molar-refractivity contribution < 1.29 is 0 Å². The van der Waals surface area contributed by atoms with Crippen LogP contribution in [0.1, 0.15) is 29.0 Å². The van der Waals surface area contributed by atoms with Crippen LogP contribution in [0.15, 0.2) is 157 Å². The van der Waals surface area contributed by atoms with Crippen LogP contribution in [-0.2, 0) is 0 Å². The van der Waals surface area contributed by atoms with E-state index >= 15 is 0 Å². The normalized spacial score (nSPS) is 19.4. The number of hydrogen-bond donors (Lipinski definition) is 0. The zero-order valence-electron chi connectivity index (χ0n) is 26.2. The van der Waals surface area contributed by atoms with Gasteiger partial charge in [0.2, 0.25) is 0 Å². The van der Waals surface area contributed by atoms with Crippen molar-refractivity contribution in [1.82, 2.24) is 4.57 Å². The number of nitriles is 2. The summed E-state index contributed by atoms with van der Waals surface area (Å²) in [5, 5.41) is 21.9. The molecule has 0 fully saturated rings. The SMILES string of the molecule is N#CC1=CC2C(C=C1)c1ccccc1N2C1C=C(c2ccc(-c3ccc(C#N)cc3-n3c4ccccc4c4ccccc43)cc2)C=CC1. The molecule has 1 aromatic heterocycles. The molecule has 2 heterocycles. The smallest absolute Gasteiger partial charge is 0.0992 e. The largest absolute Gasteiger partial charge is 0.357 e. The van der Waals surface area contributed by atoms with Gasteiger partial charge in [-0.2, -0.15) is 10.5 Å². The maximum atomic E-state index is 9.88. The maximum absolute atomic E-state index is 9.88. The third-order valence-electron chi connectivity index (χ3n) is 10.1. The molecule has 2 aliphatic carbocycles. The van der Waals surface area contributed by atoms with Gasteiger partial charge in [0.05, 0.1) is 46.5 Å². The lowest BCUT2D eigenvalue weighted by molar-refractivity contribution is 0.613. The van der Waals surface area contributed by atoms with Crippen LogP contribution in [0.2, 0.25) is 0 Å². The predicted octanol–water partition coefficient (Wildman–Crippen LogP) is 10.0. The second-order valence-corrected chi connectivity index (χ2v) is 12.7. The highest BCUT2D eigenvalue weighted by molar-refractivity contribution is 6.09. The standard InChI is InChI=1S/C44H30N4/c45-27-29-16-22-35(43(24-29)48-41-14-5-2-10-36(41)37-11-3-6-15-42(37)48)32-20-18-31(19-21-32)33-8-7-9-34(26-33)47-40-13-4-1-12-38(40)39-23-17-30(28-46)25-44(39)47/h1-8,10-26,34,39,44H,9H2. The fourth-order valence-electron chi connectivity index (χ4n) is 7.95. The average Bonchev–Trinajstić information content (AvgIpc) is 3.67. The van der Waals surface area contributed by atoms with Crippen molar-refractivity contribution in [3.8, 4) is 29.0 Å². The van der Waals surface area contributed by atoms with Crippen LogP contribution >= 0.6 is 0 Å². The fraction of sp³-hybridized carbons (Fsp3) is 0.0909. The van der Waals surface area contributed by atoms with E-state index in [1.807, 2.05) is 18.2 Å². The predicted molar refractivity (Wildman–Crippen MR) is 195 cm³/mol. The molecule has 3 aliphatic rings. The van der Waals surface area contributed by atoms with Gasteiger partial charge >= 0.3 is 0 Å². The Hall–Kier alpha value is -6.36. The molecule has 0 saturated carbocycles. The van der Waals surface area contributed by atoms with Gasteiger partial charge in [-0.1, -0.05) is 109 Å². The molecule has 1 aliphatic heterocycles. The molecule has 0 saturated heterocycles. The van der Waals surface area contributed by atoms with Gasteiger partial charge in [0.25, 0.3) is 0 Å².